The van der Waals surface area contributed by atoms with Crippen LogP contribution in [-0.2, 0) is 0 Å². The maximum absolute atomic E-state index is 2.36. The lowest BCUT2D eigenvalue weighted by Crippen LogP contribution is -2.13. The van der Waals surface area contributed by atoms with Crippen LogP contribution in [0.1, 0.15) is 6.92 Å². The first-order valence-electron chi connectivity index (χ1n) is 18.6. The summed E-state index contributed by atoms with van der Waals surface area (Å²) in [7, 11) is 2.16. The molecule has 9 aromatic rings. The molecule has 0 bridgehead atoms. The van der Waals surface area contributed by atoms with Gasteiger partial charge in [0.25, 0.3) is 0 Å². The standard InChI is InChI=1S/C52H40N2/c1-3-4-25-47-49-26-13-19-39-20-14-27-50(52(39)49)48-33-32-44(36-51(47)48)53(2)42-28-30-43(31-29-42)54(45-23-11-21-40(34-45)37-15-7-5-8-16-37)46-24-12-22-41(35-46)38-17-9-6-10-18-38/h3-36H,1-2H3/b4-3-,47-25-. The van der Waals surface area contributed by atoms with Gasteiger partial charge in [0.2, 0.25) is 0 Å². The van der Waals surface area contributed by atoms with Crippen molar-refractivity contribution >= 4 is 66.8 Å². The summed E-state index contributed by atoms with van der Waals surface area (Å²) in [6, 6.07) is 68.0. The van der Waals surface area contributed by atoms with Crippen molar-refractivity contribution in [3.63, 3.8) is 0 Å². The summed E-state index contributed by atoms with van der Waals surface area (Å²) < 4.78 is 0. The van der Waals surface area contributed by atoms with Gasteiger partial charge in [0, 0.05) is 35.5 Å². The van der Waals surface area contributed by atoms with E-state index in [0.717, 1.165) is 28.4 Å². The number of allylic oxidation sites excluding steroid dienone is 2. The Bertz CT molecular complexity index is 2750. The third-order valence-electron chi connectivity index (χ3n) is 10.5. The molecule has 0 aliphatic heterocycles. The highest BCUT2D eigenvalue weighted by atomic mass is 15.1. The summed E-state index contributed by atoms with van der Waals surface area (Å²) in [5, 5.41) is 8.96. The van der Waals surface area contributed by atoms with Crippen molar-refractivity contribution in [2.75, 3.05) is 16.8 Å². The largest absolute Gasteiger partial charge is 0.345 e. The van der Waals surface area contributed by atoms with Gasteiger partial charge in [0.15, 0.2) is 0 Å². The first-order valence-corrected chi connectivity index (χ1v) is 18.6. The Hall–Kier alpha value is -6.90. The fourth-order valence-electron chi connectivity index (χ4n) is 7.84. The molecular weight excluding hydrogens is 653 g/mol. The molecule has 0 spiro atoms. The lowest BCUT2D eigenvalue weighted by atomic mass is 9.92. The van der Waals surface area contributed by atoms with Gasteiger partial charge in [0.05, 0.1) is 0 Å². The Balaban J connectivity index is 1.13. The molecule has 0 saturated carbocycles. The molecule has 0 aliphatic rings. The molecule has 0 radical (unpaired) electrons. The number of hydrogen-bond donors (Lipinski definition) is 0. The zero-order valence-electron chi connectivity index (χ0n) is 30.5. The van der Waals surface area contributed by atoms with Gasteiger partial charge in [-0.05, 0) is 127 Å². The maximum Gasteiger partial charge on any atom is 0.0467 e. The van der Waals surface area contributed by atoms with Gasteiger partial charge >= 0.3 is 0 Å². The predicted octanol–water partition coefficient (Wildman–Crippen LogP) is 13.8. The van der Waals surface area contributed by atoms with Gasteiger partial charge in [-0.2, -0.15) is 0 Å². The average Bonchev–Trinajstić information content (AvgIpc) is 3.24. The van der Waals surface area contributed by atoms with Crippen molar-refractivity contribution in [3.8, 4) is 22.3 Å². The second-order valence-electron chi connectivity index (χ2n) is 13.8. The minimum absolute atomic E-state index is 1.09. The van der Waals surface area contributed by atoms with E-state index < -0.39 is 0 Å². The summed E-state index contributed by atoms with van der Waals surface area (Å²) in [5.41, 5.74) is 10.3. The fourth-order valence-corrected chi connectivity index (χ4v) is 7.84. The monoisotopic (exact) mass is 692 g/mol. The highest BCUT2D eigenvalue weighted by Crippen LogP contribution is 2.40. The number of rotatable bonds is 8. The fraction of sp³-hybridized carbons (Fsp3) is 0.0385. The Morgan fingerprint density at radius 3 is 1.54 bits per heavy atom. The summed E-state index contributed by atoms with van der Waals surface area (Å²) in [5.74, 6) is 0. The van der Waals surface area contributed by atoms with Crippen LogP contribution in [0.4, 0.5) is 28.4 Å². The Kier molecular flexibility index (Phi) is 8.70. The van der Waals surface area contributed by atoms with Crippen molar-refractivity contribution < 1.29 is 0 Å². The van der Waals surface area contributed by atoms with Crippen LogP contribution in [0.15, 0.2) is 200 Å². The molecular formula is C52H40N2. The molecule has 2 heteroatoms. The molecule has 0 aliphatic carbocycles. The molecule has 2 nitrogen and oxygen atoms in total. The summed E-state index contributed by atoms with van der Waals surface area (Å²) in [6.45, 7) is 2.07. The lowest BCUT2D eigenvalue weighted by molar-refractivity contribution is 1.21. The molecule has 258 valence electrons. The minimum Gasteiger partial charge on any atom is -0.345 e. The molecule has 0 heterocycles. The van der Waals surface area contributed by atoms with Gasteiger partial charge in [-0.3, -0.25) is 0 Å². The van der Waals surface area contributed by atoms with E-state index in [9.17, 15) is 0 Å². The van der Waals surface area contributed by atoms with Crippen LogP contribution in [0.3, 0.4) is 0 Å². The average molecular weight is 693 g/mol. The first-order chi connectivity index (χ1) is 26.7. The van der Waals surface area contributed by atoms with Crippen LogP contribution >= 0.6 is 0 Å². The van der Waals surface area contributed by atoms with Crippen molar-refractivity contribution in [2.24, 2.45) is 0 Å². The molecule has 54 heavy (non-hydrogen) atoms. The molecule has 9 aromatic carbocycles. The predicted molar refractivity (Wildman–Crippen MR) is 234 cm³/mol. The number of fused-ring (bicyclic) bond motifs is 2. The first kappa shape index (κ1) is 33.0. The van der Waals surface area contributed by atoms with E-state index in [-0.39, 0.29) is 0 Å². The zero-order valence-corrected chi connectivity index (χ0v) is 30.5. The van der Waals surface area contributed by atoms with E-state index in [1.165, 1.54) is 59.8 Å². The Morgan fingerprint density at radius 1 is 0.389 bits per heavy atom. The van der Waals surface area contributed by atoms with E-state index in [1.54, 1.807) is 0 Å². The van der Waals surface area contributed by atoms with Gasteiger partial charge in [-0.15, -0.1) is 0 Å². The maximum atomic E-state index is 2.36. The highest BCUT2D eigenvalue weighted by molar-refractivity contribution is 6.22. The molecule has 0 N–H and O–H groups in total. The van der Waals surface area contributed by atoms with Crippen LogP contribution in [0.2, 0.25) is 0 Å². The minimum atomic E-state index is 1.09. The summed E-state index contributed by atoms with van der Waals surface area (Å²) >= 11 is 0. The third kappa shape index (κ3) is 6.08. The zero-order chi connectivity index (χ0) is 36.4. The molecule has 9 rings (SSSR count). The number of nitrogens with zero attached hydrogens (tertiary/aromatic N) is 2. The van der Waals surface area contributed by atoms with Crippen LogP contribution in [0.25, 0.3) is 60.6 Å². The SMILES string of the molecule is C/C=C\C=c1/c2cc(N(C)c3ccc(N(c4cccc(-c5ccccc5)c4)c4cccc(-c5ccccc5)c4)cc3)ccc2c2cccc3cccc1c32. The highest BCUT2D eigenvalue weighted by Gasteiger charge is 2.16. The Morgan fingerprint density at radius 2 is 0.926 bits per heavy atom. The quantitative estimate of drug-likeness (QED) is 0.116. The number of hydrogen-bond acceptors (Lipinski definition) is 2. The third-order valence-corrected chi connectivity index (χ3v) is 10.5. The molecule has 0 aromatic heterocycles. The normalized spacial score (nSPS) is 11.9. The van der Waals surface area contributed by atoms with E-state index >= 15 is 0 Å². The van der Waals surface area contributed by atoms with Crippen LogP contribution in [-0.4, -0.2) is 7.05 Å². The molecule has 0 unspecified atom stereocenters. The van der Waals surface area contributed by atoms with Gasteiger partial charge in [-0.25, -0.2) is 0 Å². The molecule has 0 atom stereocenters. The molecule has 0 saturated heterocycles. The van der Waals surface area contributed by atoms with Crippen LogP contribution < -0.4 is 15.0 Å². The number of benzene rings is 9. The van der Waals surface area contributed by atoms with Crippen molar-refractivity contribution in [1.82, 2.24) is 0 Å². The molecule has 0 amide bonds. The Labute approximate surface area is 317 Å². The van der Waals surface area contributed by atoms with Crippen molar-refractivity contribution in [2.45, 2.75) is 6.92 Å². The van der Waals surface area contributed by atoms with Gasteiger partial charge in [0.1, 0.15) is 0 Å². The van der Waals surface area contributed by atoms with Crippen LogP contribution in [0, 0.1) is 0 Å². The summed E-state index contributed by atoms with van der Waals surface area (Å²) in [4.78, 5) is 4.65. The van der Waals surface area contributed by atoms with Crippen molar-refractivity contribution in [1.29, 1.82) is 0 Å². The van der Waals surface area contributed by atoms with E-state index in [1.807, 2.05) is 0 Å². The van der Waals surface area contributed by atoms with Crippen molar-refractivity contribution in [3.05, 3.63) is 205 Å². The number of anilines is 5. The van der Waals surface area contributed by atoms with Gasteiger partial charge < -0.3 is 9.80 Å². The topological polar surface area (TPSA) is 6.48 Å². The second kappa shape index (κ2) is 14.3. The van der Waals surface area contributed by atoms with E-state index in [2.05, 4.69) is 230 Å². The smallest absolute Gasteiger partial charge is 0.0467 e. The van der Waals surface area contributed by atoms with E-state index in [4.69, 9.17) is 0 Å². The van der Waals surface area contributed by atoms with Crippen LogP contribution in [0.5, 0.6) is 0 Å². The second-order valence-corrected chi connectivity index (χ2v) is 13.8. The van der Waals surface area contributed by atoms with E-state index in [0.29, 0.717) is 0 Å². The summed E-state index contributed by atoms with van der Waals surface area (Å²) in [6.07, 6.45) is 6.51. The lowest BCUT2D eigenvalue weighted by Gasteiger charge is -2.27. The van der Waals surface area contributed by atoms with Gasteiger partial charge in [-0.1, -0.05) is 146 Å². The molecule has 0 fully saturated rings.